The number of carbonyl (C=O) groups excluding carboxylic acids is 1. The highest BCUT2D eigenvalue weighted by Crippen LogP contribution is 2.27. The summed E-state index contributed by atoms with van der Waals surface area (Å²) in [6, 6.07) is 0.313. The minimum atomic E-state index is -0.749. The third-order valence-corrected chi connectivity index (χ3v) is 4.36. The summed E-state index contributed by atoms with van der Waals surface area (Å²) in [7, 11) is 0. The molecule has 0 aliphatic carbocycles. The number of carboxylic acid groups (broad SMARTS) is 1. The molecule has 5 heteroatoms. The van der Waals surface area contributed by atoms with Crippen molar-refractivity contribution in [2.45, 2.75) is 59.4 Å². The zero-order valence-corrected chi connectivity index (χ0v) is 13.8. The second-order valence-corrected chi connectivity index (χ2v) is 6.49. The Labute approximate surface area is 128 Å². The van der Waals surface area contributed by atoms with Crippen LogP contribution >= 0.6 is 0 Å². The van der Waals surface area contributed by atoms with Crippen molar-refractivity contribution in [3.05, 3.63) is 0 Å². The smallest absolute Gasteiger partial charge is 0.320 e. The summed E-state index contributed by atoms with van der Waals surface area (Å²) in [6.07, 6.45) is 3.14. The maximum Gasteiger partial charge on any atom is 0.320 e. The second kappa shape index (κ2) is 8.25. The van der Waals surface area contributed by atoms with Gasteiger partial charge in [-0.25, -0.2) is 4.79 Å². The summed E-state index contributed by atoms with van der Waals surface area (Å²) >= 11 is 0. The standard InChI is InChI=1S/C16H30N2O3/c1-5-8-18(12(2)3)16(21)17-9-6-7-14(11-17)13(4)10-15(19)20/h12-14H,5-11H2,1-4H3,(H,19,20). The van der Waals surface area contributed by atoms with Gasteiger partial charge in [0.25, 0.3) is 0 Å². The fourth-order valence-electron chi connectivity index (χ4n) is 3.09. The molecular formula is C16H30N2O3. The van der Waals surface area contributed by atoms with Crippen molar-refractivity contribution in [1.29, 1.82) is 0 Å². The number of hydrogen-bond acceptors (Lipinski definition) is 2. The van der Waals surface area contributed by atoms with Gasteiger partial charge in [0.15, 0.2) is 0 Å². The van der Waals surface area contributed by atoms with Gasteiger partial charge < -0.3 is 14.9 Å². The molecule has 0 aromatic heterocycles. The summed E-state index contributed by atoms with van der Waals surface area (Å²) in [6.45, 7) is 10.4. The number of amides is 2. The number of nitrogens with zero attached hydrogens (tertiary/aromatic N) is 2. The molecule has 0 radical (unpaired) electrons. The monoisotopic (exact) mass is 298 g/mol. The average Bonchev–Trinajstić information content (AvgIpc) is 2.43. The largest absolute Gasteiger partial charge is 0.481 e. The van der Waals surface area contributed by atoms with Crippen LogP contribution in [-0.2, 0) is 4.79 Å². The predicted octanol–water partition coefficient (Wildman–Crippen LogP) is 3.05. The van der Waals surface area contributed by atoms with E-state index in [9.17, 15) is 9.59 Å². The first-order chi connectivity index (χ1) is 9.86. The molecule has 2 unspecified atom stereocenters. The van der Waals surface area contributed by atoms with Crippen LogP contribution in [0.3, 0.4) is 0 Å². The van der Waals surface area contributed by atoms with Crippen molar-refractivity contribution in [2.75, 3.05) is 19.6 Å². The van der Waals surface area contributed by atoms with Crippen LogP contribution in [0.2, 0.25) is 0 Å². The average molecular weight is 298 g/mol. The van der Waals surface area contributed by atoms with E-state index in [4.69, 9.17) is 5.11 Å². The number of rotatable bonds is 6. The van der Waals surface area contributed by atoms with Gasteiger partial charge >= 0.3 is 12.0 Å². The van der Waals surface area contributed by atoms with Crippen LogP contribution in [0.5, 0.6) is 0 Å². The molecule has 2 atom stereocenters. The SMILES string of the molecule is CCCN(C(=O)N1CCCC(C(C)CC(=O)O)C1)C(C)C. The summed E-state index contributed by atoms with van der Waals surface area (Å²) < 4.78 is 0. The lowest BCUT2D eigenvalue weighted by molar-refractivity contribution is -0.138. The number of aliphatic carboxylic acids is 1. The Morgan fingerprint density at radius 1 is 1.33 bits per heavy atom. The minimum absolute atomic E-state index is 0.110. The lowest BCUT2D eigenvalue weighted by Gasteiger charge is -2.39. The Morgan fingerprint density at radius 2 is 2.00 bits per heavy atom. The predicted molar refractivity (Wildman–Crippen MR) is 83.2 cm³/mol. The molecule has 1 N–H and O–H groups in total. The fourth-order valence-corrected chi connectivity index (χ4v) is 3.09. The van der Waals surface area contributed by atoms with Gasteiger partial charge in [0.05, 0.1) is 0 Å². The first-order valence-electron chi connectivity index (χ1n) is 8.14. The van der Waals surface area contributed by atoms with Gasteiger partial charge in [0.2, 0.25) is 0 Å². The maximum atomic E-state index is 12.7. The number of urea groups is 1. The highest BCUT2D eigenvalue weighted by molar-refractivity contribution is 5.75. The van der Waals surface area contributed by atoms with Crippen LogP contribution in [-0.4, -0.2) is 52.6 Å². The van der Waals surface area contributed by atoms with Crippen LogP contribution in [0.4, 0.5) is 4.79 Å². The van der Waals surface area contributed by atoms with Gasteiger partial charge in [-0.15, -0.1) is 0 Å². The van der Waals surface area contributed by atoms with Crippen molar-refractivity contribution < 1.29 is 14.7 Å². The van der Waals surface area contributed by atoms with E-state index in [1.54, 1.807) is 0 Å². The zero-order chi connectivity index (χ0) is 16.0. The third kappa shape index (κ3) is 5.21. The van der Waals surface area contributed by atoms with E-state index in [0.29, 0.717) is 12.5 Å². The molecular weight excluding hydrogens is 268 g/mol. The Morgan fingerprint density at radius 3 is 2.52 bits per heavy atom. The highest BCUT2D eigenvalue weighted by Gasteiger charge is 2.30. The highest BCUT2D eigenvalue weighted by atomic mass is 16.4. The molecule has 1 rings (SSSR count). The molecule has 1 aliphatic rings. The molecule has 1 saturated heterocycles. The molecule has 0 aromatic carbocycles. The van der Waals surface area contributed by atoms with Crippen molar-refractivity contribution in [3.8, 4) is 0 Å². The molecule has 1 aliphatic heterocycles. The van der Waals surface area contributed by atoms with Gasteiger partial charge in [-0.3, -0.25) is 4.79 Å². The molecule has 5 nitrogen and oxygen atoms in total. The lowest BCUT2D eigenvalue weighted by Crippen LogP contribution is -2.50. The normalized spacial score (nSPS) is 20.4. The number of carbonyl (C=O) groups is 2. The molecule has 1 fully saturated rings. The number of carboxylic acids is 1. The van der Waals surface area contributed by atoms with Crippen LogP contribution in [0.1, 0.15) is 53.4 Å². The van der Waals surface area contributed by atoms with E-state index in [2.05, 4.69) is 6.92 Å². The van der Waals surface area contributed by atoms with Crippen molar-refractivity contribution in [3.63, 3.8) is 0 Å². The minimum Gasteiger partial charge on any atom is -0.481 e. The van der Waals surface area contributed by atoms with E-state index < -0.39 is 5.97 Å². The topological polar surface area (TPSA) is 60.9 Å². The molecule has 21 heavy (non-hydrogen) atoms. The van der Waals surface area contributed by atoms with E-state index in [1.165, 1.54) is 0 Å². The Kier molecular flexibility index (Phi) is 6.99. The van der Waals surface area contributed by atoms with E-state index in [1.807, 2.05) is 30.6 Å². The third-order valence-electron chi connectivity index (χ3n) is 4.36. The molecule has 0 saturated carbocycles. The van der Waals surface area contributed by atoms with Crippen LogP contribution in [0.25, 0.3) is 0 Å². The van der Waals surface area contributed by atoms with Gasteiger partial charge in [-0.05, 0) is 44.9 Å². The van der Waals surface area contributed by atoms with Crippen molar-refractivity contribution in [2.24, 2.45) is 11.8 Å². The molecule has 2 amide bonds. The number of likely N-dealkylation sites (tertiary alicyclic amines) is 1. The summed E-state index contributed by atoms with van der Waals surface area (Å²) in [5.41, 5.74) is 0. The fraction of sp³-hybridized carbons (Fsp3) is 0.875. The molecule has 122 valence electrons. The van der Waals surface area contributed by atoms with Gasteiger partial charge in [-0.2, -0.15) is 0 Å². The second-order valence-electron chi connectivity index (χ2n) is 6.49. The Hall–Kier alpha value is -1.26. The quantitative estimate of drug-likeness (QED) is 0.820. The summed E-state index contributed by atoms with van der Waals surface area (Å²) in [4.78, 5) is 27.4. The van der Waals surface area contributed by atoms with E-state index in [-0.39, 0.29) is 24.4 Å². The lowest BCUT2D eigenvalue weighted by atomic mass is 9.85. The molecule has 0 spiro atoms. The van der Waals surface area contributed by atoms with E-state index in [0.717, 1.165) is 32.4 Å². The van der Waals surface area contributed by atoms with Crippen molar-refractivity contribution >= 4 is 12.0 Å². The van der Waals surface area contributed by atoms with Gasteiger partial charge in [0, 0.05) is 32.1 Å². The van der Waals surface area contributed by atoms with Crippen LogP contribution in [0.15, 0.2) is 0 Å². The van der Waals surface area contributed by atoms with Gasteiger partial charge in [-0.1, -0.05) is 13.8 Å². The molecule has 0 bridgehead atoms. The molecule has 1 heterocycles. The molecule has 0 aromatic rings. The first kappa shape index (κ1) is 17.8. The summed E-state index contributed by atoms with van der Waals surface area (Å²) in [5, 5.41) is 8.93. The van der Waals surface area contributed by atoms with Crippen molar-refractivity contribution in [1.82, 2.24) is 9.80 Å². The zero-order valence-electron chi connectivity index (χ0n) is 13.8. The summed E-state index contributed by atoms with van der Waals surface area (Å²) in [5.74, 6) is -0.327. The van der Waals surface area contributed by atoms with E-state index >= 15 is 0 Å². The van der Waals surface area contributed by atoms with Gasteiger partial charge in [0.1, 0.15) is 0 Å². The number of hydrogen-bond donors (Lipinski definition) is 1. The Bertz CT molecular complexity index is 357. The first-order valence-corrected chi connectivity index (χ1v) is 8.14. The maximum absolute atomic E-state index is 12.7. The van der Waals surface area contributed by atoms with Crippen LogP contribution < -0.4 is 0 Å². The van der Waals surface area contributed by atoms with Crippen LogP contribution in [0, 0.1) is 11.8 Å². The Balaban J connectivity index is 2.66. The number of piperidine rings is 1.